The molecule has 0 atom stereocenters. The van der Waals surface area contributed by atoms with E-state index >= 15 is 0 Å². The van der Waals surface area contributed by atoms with E-state index in [-0.39, 0.29) is 6.54 Å². The number of hydrogen-bond donors (Lipinski definition) is 1. The van der Waals surface area contributed by atoms with Gasteiger partial charge in [0.15, 0.2) is 0 Å². The Morgan fingerprint density at radius 1 is 1.32 bits per heavy atom. The van der Waals surface area contributed by atoms with Crippen LogP contribution in [0, 0.1) is 0 Å². The quantitative estimate of drug-likeness (QED) is 0.873. The Bertz CT molecular complexity index is 495. The largest absolute Gasteiger partial charge is 0.481 e. The zero-order valence-corrected chi connectivity index (χ0v) is 11.8. The van der Waals surface area contributed by atoms with Crippen molar-refractivity contribution in [1.82, 2.24) is 14.0 Å². The van der Waals surface area contributed by atoms with Crippen LogP contribution in [0.4, 0.5) is 0 Å². The molecule has 0 saturated carbocycles. The lowest BCUT2D eigenvalue weighted by Gasteiger charge is -2.25. The first-order valence-corrected chi connectivity index (χ1v) is 7.79. The van der Waals surface area contributed by atoms with Gasteiger partial charge in [0.2, 0.25) is 5.88 Å². The van der Waals surface area contributed by atoms with Gasteiger partial charge in [-0.05, 0) is 18.4 Å². The summed E-state index contributed by atoms with van der Waals surface area (Å²) in [6.07, 6.45) is 4.59. The van der Waals surface area contributed by atoms with Crippen molar-refractivity contribution in [3.05, 3.63) is 23.9 Å². The van der Waals surface area contributed by atoms with Gasteiger partial charge in [-0.15, -0.1) is 0 Å². The first-order valence-electron chi connectivity index (χ1n) is 6.35. The minimum absolute atomic E-state index is 0.246. The number of methoxy groups -OCH3 is 1. The Hall–Kier alpha value is -1.18. The normalized spacial score (nSPS) is 17.3. The molecule has 1 aliphatic heterocycles. The fraction of sp³-hybridized carbons (Fsp3) is 0.583. The van der Waals surface area contributed by atoms with Crippen molar-refractivity contribution >= 4 is 10.2 Å². The third-order valence-electron chi connectivity index (χ3n) is 3.12. The number of nitrogens with one attached hydrogen (secondary N) is 1. The number of ether oxygens (including phenoxy) is 1. The van der Waals surface area contributed by atoms with E-state index in [1.165, 1.54) is 4.31 Å². The van der Waals surface area contributed by atoms with Crippen LogP contribution in [0.15, 0.2) is 18.3 Å². The van der Waals surface area contributed by atoms with Gasteiger partial charge < -0.3 is 4.74 Å². The molecule has 2 rings (SSSR count). The van der Waals surface area contributed by atoms with Crippen molar-refractivity contribution in [3.8, 4) is 5.88 Å². The second-order valence-electron chi connectivity index (χ2n) is 4.49. The molecule has 19 heavy (non-hydrogen) atoms. The molecule has 1 aromatic rings. The number of piperidine rings is 1. The first-order chi connectivity index (χ1) is 9.12. The summed E-state index contributed by atoms with van der Waals surface area (Å²) in [4.78, 5) is 4.04. The van der Waals surface area contributed by atoms with E-state index in [1.807, 2.05) is 0 Å². The summed E-state index contributed by atoms with van der Waals surface area (Å²) in [6, 6.07) is 3.51. The highest BCUT2D eigenvalue weighted by atomic mass is 32.2. The number of nitrogens with zero attached hydrogens (tertiary/aromatic N) is 2. The van der Waals surface area contributed by atoms with Gasteiger partial charge in [-0.25, -0.2) is 4.98 Å². The summed E-state index contributed by atoms with van der Waals surface area (Å²) in [5, 5.41) is 0. The molecule has 106 valence electrons. The monoisotopic (exact) mass is 285 g/mol. The van der Waals surface area contributed by atoms with Crippen molar-refractivity contribution in [2.24, 2.45) is 0 Å². The SMILES string of the molecule is COc1ccc(CNS(=O)(=O)N2CCCCC2)cn1. The summed E-state index contributed by atoms with van der Waals surface area (Å²) in [5.41, 5.74) is 0.807. The van der Waals surface area contributed by atoms with Gasteiger partial charge in [0.25, 0.3) is 10.2 Å². The average molecular weight is 285 g/mol. The smallest absolute Gasteiger partial charge is 0.279 e. The minimum atomic E-state index is -3.37. The summed E-state index contributed by atoms with van der Waals surface area (Å²) in [6.45, 7) is 1.46. The molecule has 0 bridgehead atoms. The Morgan fingerprint density at radius 3 is 2.63 bits per heavy atom. The van der Waals surface area contributed by atoms with Crippen LogP contribution in [-0.2, 0) is 16.8 Å². The highest BCUT2D eigenvalue weighted by molar-refractivity contribution is 7.87. The van der Waals surface area contributed by atoms with Crippen molar-refractivity contribution in [2.75, 3.05) is 20.2 Å². The van der Waals surface area contributed by atoms with Gasteiger partial charge in [-0.1, -0.05) is 12.5 Å². The van der Waals surface area contributed by atoms with Crippen LogP contribution < -0.4 is 9.46 Å². The molecule has 1 aromatic heterocycles. The van der Waals surface area contributed by atoms with Crippen LogP contribution in [-0.4, -0.2) is 37.9 Å². The molecule has 1 fully saturated rings. The van der Waals surface area contributed by atoms with Gasteiger partial charge in [-0.3, -0.25) is 0 Å². The maximum Gasteiger partial charge on any atom is 0.279 e. The highest BCUT2D eigenvalue weighted by Crippen LogP contribution is 2.12. The van der Waals surface area contributed by atoms with Crippen LogP contribution >= 0.6 is 0 Å². The zero-order chi connectivity index (χ0) is 13.7. The average Bonchev–Trinajstić information content (AvgIpc) is 2.47. The second-order valence-corrected chi connectivity index (χ2v) is 6.25. The molecule has 1 aliphatic rings. The lowest BCUT2D eigenvalue weighted by molar-refractivity contribution is 0.341. The predicted octanol–water partition coefficient (Wildman–Crippen LogP) is 0.910. The number of pyridine rings is 1. The van der Waals surface area contributed by atoms with Crippen LogP contribution in [0.25, 0.3) is 0 Å². The van der Waals surface area contributed by atoms with Crippen molar-refractivity contribution in [1.29, 1.82) is 0 Å². The molecule has 0 aliphatic carbocycles. The van der Waals surface area contributed by atoms with Crippen molar-refractivity contribution in [3.63, 3.8) is 0 Å². The molecule has 7 heteroatoms. The van der Waals surface area contributed by atoms with Crippen molar-refractivity contribution < 1.29 is 13.2 Å². The van der Waals surface area contributed by atoms with E-state index in [0.29, 0.717) is 19.0 Å². The fourth-order valence-corrected chi connectivity index (χ4v) is 3.28. The molecule has 0 amide bonds. The number of rotatable bonds is 5. The molecule has 1 N–H and O–H groups in total. The summed E-state index contributed by atoms with van der Waals surface area (Å²) in [7, 11) is -1.83. The zero-order valence-electron chi connectivity index (χ0n) is 11.0. The van der Waals surface area contributed by atoms with E-state index in [0.717, 1.165) is 24.8 Å². The molecule has 6 nitrogen and oxygen atoms in total. The van der Waals surface area contributed by atoms with Crippen LogP contribution in [0.3, 0.4) is 0 Å². The maximum absolute atomic E-state index is 12.1. The molecule has 1 saturated heterocycles. The maximum atomic E-state index is 12.1. The van der Waals surface area contributed by atoms with Gasteiger partial charge in [0, 0.05) is 31.9 Å². The molecule has 0 spiro atoms. The van der Waals surface area contributed by atoms with E-state index in [4.69, 9.17) is 4.74 Å². The Balaban J connectivity index is 1.92. The van der Waals surface area contributed by atoms with Crippen LogP contribution in [0.2, 0.25) is 0 Å². The second kappa shape index (κ2) is 6.31. The third-order valence-corrected chi connectivity index (χ3v) is 4.67. The lowest BCUT2D eigenvalue weighted by atomic mass is 10.2. The third kappa shape index (κ3) is 3.89. The van der Waals surface area contributed by atoms with E-state index in [9.17, 15) is 8.42 Å². The summed E-state index contributed by atoms with van der Waals surface area (Å²) in [5.74, 6) is 0.516. The van der Waals surface area contributed by atoms with E-state index in [1.54, 1.807) is 25.4 Å². The number of hydrogen-bond acceptors (Lipinski definition) is 4. The van der Waals surface area contributed by atoms with Crippen molar-refractivity contribution in [2.45, 2.75) is 25.8 Å². The standard InChI is InChI=1S/C12H19N3O3S/c1-18-12-6-5-11(9-13-12)10-14-19(16,17)15-7-3-2-4-8-15/h5-6,9,14H,2-4,7-8,10H2,1H3. The van der Waals surface area contributed by atoms with Crippen LogP contribution in [0.5, 0.6) is 5.88 Å². The fourth-order valence-electron chi connectivity index (χ4n) is 2.01. The van der Waals surface area contributed by atoms with Gasteiger partial charge >= 0.3 is 0 Å². The Morgan fingerprint density at radius 2 is 2.05 bits per heavy atom. The first kappa shape index (κ1) is 14.2. The molecule has 0 aromatic carbocycles. The van der Waals surface area contributed by atoms with Gasteiger partial charge in [0.05, 0.1) is 7.11 Å². The summed E-state index contributed by atoms with van der Waals surface area (Å²) >= 11 is 0. The topological polar surface area (TPSA) is 71.5 Å². The minimum Gasteiger partial charge on any atom is -0.481 e. The Kier molecular flexibility index (Phi) is 4.73. The molecule has 0 radical (unpaired) electrons. The molecular formula is C12H19N3O3S. The molecule has 2 heterocycles. The van der Waals surface area contributed by atoms with E-state index in [2.05, 4.69) is 9.71 Å². The predicted molar refractivity (Wildman–Crippen MR) is 72.0 cm³/mol. The summed E-state index contributed by atoms with van der Waals surface area (Å²) < 4.78 is 33.2. The lowest BCUT2D eigenvalue weighted by Crippen LogP contribution is -2.43. The van der Waals surface area contributed by atoms with Gasteiger partial charge in [-0.2, -0.15) is 17.4 Å². The van der Waals surface area contributed by atoms with Crippen LogP contribution in [0.1, 0.15) is 24.8 Å². The van der Waals surface area contributed by atoms with E-state index < -0.39 is 10.2 Å². The molecular weight excluding hydrogens is 266 g/mol. The van der Waals surface area contributed by atoms with Gasteiger partial charge in [0.1, 0.15) is 0 Å². The highest BCUT2D eigenvalue weighted by Gasteiger charge is 2.23. The molecule has 0 unspecified atom stereocenters. The number of aromatic nitrogens is 1. The Labute approximate surface area is 114 Å².